The number of hydrogen-bond acceptors (Lipinski definition) is 6. The fourth-order valence-electron chi connectivity index (χ4n) is 5.51. The Kier molecular flexibility index (Phi) is 7.81. The second kappa shape index (κ2) is 11.6. The molecule has 190 valence electrons. The van der Waals surface area contributed by atoms with E-state index in [1.807, 2.05) is 25.0 Å². The SMILES string of the molecule is CNc1ncnc2c1ccn2C1CCC(CN(CCCNCCc2ccccc2)c2ccn(C)n2)C1. The third kappa shape index (κ3) is 5.70. The van der Waals surface area contributed by atoms with Gasteiger partial charge in [-0.3, -0.25) is 4.68 Å². The molecule has 2 N–H and O–H groups in total. The first kappa shape index (κ1) is 24.3. The quantitative estimate of drug-likeness (QED) is 0.291. The molecule has 0 radical (unpaired) electrons. The third-order valence-electron chi connectivity index (χ3n) is 7.37. The van der Waals surface area contributed by atoms with Gasteiger partial charge in [-0.05, 0) is 62.7 Å². The van der Waals surface area contributed by atoms with Gasteiger partial charge in [0.1, 0.15) is 17.8 Å². The first-order valence-electron chi connectivity index (χ1n) is 13.2. The van der Waals surface area contributed by atoms with Crippen LogP contribution < -0.4 is 15.5 Å². The highest BCUT2D eigenvalue weighted by molar-refractivity contribution is 5.87. The van der Waals surface area contributed by atoms with Gasteiger partial charge in [0.25, 0.3) is 0 Å². The summed E-state index contributed by atoms with van der Waals surface area (Å²) >= 11 is 0. The molecule has 1 aromatic carbocycles. The molecule has 0 saturated heterocycles. The minimum Gasteiger partial charge on any atom is -0.372 e. The summed E-state index contributed by atoms with van der Waals surface area (Å²) in [5.74, 6) is 2.63. The summed E-state index contributed by atoms with van der Waals surface area (Å²) in [6.07, 6.45) is 11.6. The molecule has 1 saturated carbocycles. The maximum absolute atomic E-state index is 4.73. The van der Waals surface area contributed by atoms with E-state index < -0.39 is 0 Å². The van der Waals surface area contributed by atoms with Gasteiger partial charge in [0, 0.05) is 51.7 Å². The van der Waals surface area contributed by atoms with Crippen molar-refractivity contribution in [2.24, 2.45) is 13.0 Å². The standard InChI is InChI=1S/C28H38N8/c1-29-27-25-12-18-36(28(25)32-21-31-27)24-10-9-23(19-24)20-35(26-13-17-34(2)33-26)16-6-14-30-15-11-22-7-4-3-5-8-22/h3-5,7-8,12-13,17-18,21,23-24,30H,6,9-11,14-16,19-20H2,1-2H3,(H,29,31,32). The molecule has 8 heteroatoms. The van der Waals surface area contributed by atoms with Gasteiger partial charge in [0.05, 0.1) is 5.39 Å². The number of benzene rings is 1. The molecule has 0 bridgehead atoms. The van der Waals surface area contributed by atoms with Crippen LogP contribution in [0.1, 0.15) is 37.3 Å². The minimum atomic E-state index is 0.484. The fraction of sp³-hybridized carbons (Fsp3) is 0.464. The third-order valence-corrected chi connectivity index (χ3v) is 7.37. The van der Waals surface area contributed by atoms with Crippen molar-refractivity contribution in [2.75, 3.05) is 43.4 Å². The van der Waals surface area contributed by atoms with Crippen LogP contribution in [0, 0.1) is 5.92 Å². The zero-order chi connectivity index (χ0) is 24.7. The molecule has 5 rings (SSSR count). The number of nitrogens with zero attached hydrogens (tertiary/aromatic N) is 6. The van der Waals surface area contributed by atoms with Crippen LogP contribution in [0.15, 0.2) is 61.2 Å². The Hall–Kier alpha value is -3.39. The number of aryl methyl sites for hydroxylation is 1. The maximum Gasteiger partial charge on any atom is 0.150 e. The van der Waals surface area contributed by atoms with Crippen molar-refractivity contribution in [1.29, 1.82) is 0 Å². The number of hydrogen-bond donors (Lipinski definition) is 2. The van der Waals surface area contributed by atoms with Gasteiger partial charge in [-0.1, -0.05) is 30.3 Å². The maximum atomic E-state index is 4.73. The van der Waals surface area contributed by atoms with Crippen LogP contribution in [0.3, 0.4) is 0 Å². The molecule has 3 aromatic heterocycles. The largest absolute Gasteiger partial charge is 0.372 e. The van der Waals surface area contributed by atoms with Crippen molar-refractivity contribution in [3.8, 4) is 0 Å². The highest BCUT2D eigenvalue weighted by Gasteiger charge is 2.29. The lowest BCUT2D eigenvalue weighted by Crippen LogP contribution is -2.32. The summed E-state index contributed by atoms with van der Waals surface area (Å²) in [5.41, 5.74) is 2.42. The average molecular weight is 487 g/mol. The Balaban J connectivity index is 1.15. The van der Waals surface area contributed by atoms with E-state index in [9.17, 15) is 0 Å². The normalized spacial score (nSPS) is 17.6. The molecule has 2 unspecified atom stereocenters. The van der Waals surface area contributed by atoms with Crippen molar-refractivity contribution < 1.29 is 0 Å². The predicted molar refractivity (Wildman–Crippen MR) is 147 cm³/mol. The molecule has 1 aliphatic carbocycles. The van der Waals surface area contributed by atoms with Crippen molar-refractivity contribution in [2.45, 2.75) is 38.1 Å². The van der Waals surface area contributed by atoms with Crippen LogP contribution in [0.25, 0.3) is 11.0 Å². The van der Waals surface area contributed by atoms with Gasteiger partial charge < -0.3 is 20.1 Å². The molecule has 3 heterocycles. The van der Waals surface area contributed by atoms with Crippen molar-refractivity contribution in [3.05, 3.63) is 66.7 Å². The molecule has 4 aromatic rings. The van der Waals surface area contributed by atoms with E-state index in [0.717, 1.165) is 61.7 Å². The van der Waals surface area contributed by atoms with Gasteiger partial charge in [-0.15, -0.1) is 0 Å². The number of nitrogens with one attached hydrogen (secondary N) is 2. The van der Waals surface area contributed by atoms with E-state index in [1.54, 1.807) is 6.33 Å². The van der Waals surface area contributed by atoms with Crippen molar-refractivity contribution in [3.63, 3.8) is 0 Å². The van der Waals surface area contributed by atoms with E-state index >= 15 is 0 Å². The number of anilines is 2. The summed E-state index contributed by atoms with van der Waals surface area (Å²) in [4.78, 5) is 11.4. The molecular weight excluding hydrogens is 448 g/mol. The van der Waals surface area contributed by atoms with Crippen molar-refractivity contribution >= 4 is 22.7 Å². The molecule has 2 atom stereocenters. The summed E-state index contributed by atoms with van der Waals surface area (Å²) in [7, 11) is 3.91. The Morgan fingerprint density at radius 2 is 1.92 bits per heavy atom. The fourth-order valence-corrected chi connectivity index (χ4v) is 5.51. The summed E-state index contributed by atoms with van der Waals surface area (Å²) in [6, 6.07) is 15.5. The Morgan fingerprint density at radius 3 is 2.72 bits per heavy atom. The lowest BCUT2D eigenvalue weighted by molar-refractivity contribution is 0.474. The van der Waals surface area contributed by atoms with Crippen molar-refractivity contribution in [1.82, 2.24) is 29.6 Å². The molecule has 8 nitrogen and oxygen atoms in total. The Labute approximate surface area is 213 Å². The average Bonchev–Trinajstić information content (AvgIpc) is 3.65. The first-order chi connectivity index (χ1) is 17.7. The number of fused-ring (bicyclic) bond motifs is 1. The first-order valence-corrected chi connectivity index (χ1v) is 13.2. The van der Waals surface area contributed by atoms with Gasteiger partial charge in [0.2, 0.25) is 0 Å². The van der Waals surface area contributed by atoms with Crippen LogP contribution in [-0.2, 0) is 13.5 Å². The monoisotopic (exact) mass is 486 g/mol. The van der Waals surface area contributed by atoms with E-state index in [4.69, 9.17) is 5.10 Å². The highest BCUT2D eigenvalue weighted by atomic mass is 15.3. The van der Waals surface area contributed by atoms with Gasteiger partial charge in [-0.25, -0.2) is 9.97 Å². The molecular formula is C28H38N8. The summed E-state index contributed by atoms with van der Waals surface area (Å²) < 4.78 is 4.27. The van der Waals surface area contributed by atoms with E-state index in [-0.39, 0.29) is 0 Å². The van der Waals surface area contributed by atoms with Crippen LogP contribution in [0.5, 0.6) is 0 Å². The van der Waals surface area contributed by atoms with Gasteiger partial charge in [0.15, 0.2) is 5.82 Å². The minimum absolute atomic E-state index is 0.484. The van der Waals surface area contributed by atoms with Crippen LogP contribution in [-0.4, -0.2) is 57.5 Å². The Bertz CT molecular complexity index is 1230. The second-order valence-corrected chi connectivity index (χ2v) is 9.90. The topological polar surface area (TPSA) is 75.8 Å². The molecule has 0 amide bonds. The van der Waals surface area contributed by atoms with Crippen LogP contribution in [0.2, 0.25) is 0 Å². The number of aromatic nitrogens is 5. The van der Waals surface area contributed by atoms with E-state index in [2.05, 4.69) is 78.7 Å². The second-order valence-electron chi connectivity index (χ2n) is 9.90. The van der Waals surface area contributed by atoms with E-state index in [0.29, 0.717) is 12.0 Å². The molecule has 1 fully saturated rings. The van der Waals surface area contributed by atoms with Gasteiger partial charge >= 0.3 is 0 Å². The van der Waals surface area contributed by atoms with Gasteiger partial charge in [-0.2, -0.15) is 5.10 Å². The van der Waals surface area contributed by atoms with Crippen LogP contribution >= 0.6 is 0 Å². The molecule has 36 heavy (non-hydrogen) atoms. The lowest BCUT2D eigenvalue weighted by Gasteiger charge is -2.26. The van der Waals surface area contributed by atoms with E-state index in [1.165, 1.54) is 24.8 Å². The number of rotatable bonds is 12. The molecule has 0 spiro atoms. The molecule has 1 aliphatic rings. The van der Waals surface area contributed by atoms with Crippen LogP contribution in [0.4, 0.5) is 11.6 Å². The summed E-state index contributed by atoms with van der Waals surface area (Å²) in [6.45, 7) is 4.10. The Morgan fingerprint density at radius 1 is 1.03 bits per heavy atom. The molecule has 0 aliphatic heterocycles. The predicted octanol–water partition coefficient (Wildman–Crippen LogP) is 4.28. The zero-order valence-electron chi connectivity index (χ0n) is 21.5. The summed E-state index contributed by atoms with van der Waals surface area (Å²) in [5, 5.41) is 12.6. The zero-order valence-corrected chi connectivity index (χ0v) is 21.5. The lowest BCUT2D eigenvalue weighted by atomic mass is 10.1. The smallest absolute Gasteiger partial charge is 0.150 e. The highest BCUT2D eigenvalue weighted by Crippen LogP contribution is 2.38.